The number of aromatic amines is 1. The van der Waals surface area contributed by atoms with Gasteiger partial charge < -0.3 is 10.4 Å². The number of anilines is 1. The van der Waals surface area contributed by atoms with Gasteiger partial charge in [-0.05, 0) is 42.8 Å². The van der Waals surface area contributed by atoms with Crippen LogP contribution >= 0.6 is 11.6 Å². The largest absolute Gasteiger partial charge is 0.507 e. The second kappa shape index (κ2) is 6.14. The Bertz CT molecular complexity index is 874. The van der Waals surface area contributed by atoms with E-state index in [1.54, 1.807) is 42.5 Å². The smallest absolute Gasteiger partial charge is 0.273 e. The van der Waals surface area contributed by atoms with Crippen molar-refractivity contribution in [2.24, 2.45) is 0 Å². The molecule has 23 heavy (non-hydrogen) atoms. The third-order valence-electron chi connectivity index (χ3n) is 3.43. The molecule has 3 N–H and O–H groups in total. The van der Waals surface area contributed by atoms with Crippen LogP contribution in [0.25, 0.3) is 11.3 Å². The Morgan fingerprint density at radius 3 is 2.74 bits per heavy atom. The van der Waals surface area contributed by atoms with Crippen LogP contribution in [0.15, 0.2) is 48.5 Å². The first-order valence-electron chi connectivity index (χ1n) is 6.96. The van der Waals surface area contributed by atoms with Gasteiger partial charge in [0.05, 0.1) is 5.69 Å². The number of nitrogens with one attached hydrogen (secondary N) is 2. The van der Waals surface area contributed by atoms with Crippen LogP contribution in [0.5, 0.6) is 5.75 Å². The molecule has 0 aliphatic heterocycles. The number of hydrogen-bond acceptors (Lipinski definition) is 3. The van der Waals surface area contributed by atoms with Gasteiger partial charge in [0.25, 0.3) is 5.91 Å². The summed E-state index contributed by atoms with van der Waals surface area (Å²) in [5, 5.41) is 19.9. The molecular weight excluding hydrogens is 314 g/mol. The summed E-state index contributed by atoms with van der Waals surface area (Å²) in [6.07, 6.45) is 0. The van der Waals surface area contributed by atoms with E-state index in [1.807, 2.05) is 13.0 Å². The summed E-state index contributed by atoms with van der Waals surface area (Å²) in [7, 11) is 0. The van der Waals surface area contributed by atoms with Crippen molar-refractivity contribution in [1.82, 2.24) is 10.2 Å². The molecule has 1 heterocycles. The second-order valence-corrected chi connectivity index (χ2v) is 5.51. The molecule has 0 fully saturated rings. The molecule has 6 heteroatoms. The quantitative estimate of drug-likeness (QED) is 0.680. The number of amides is 1. The number of rotatable bonds is 3. The normalized spacial score (nSPS) is 10.5. The average molecular weight is 328 g/mol. The lowest BCUT2D eigenvalue weighted by Crippen LogP contribution is -2.12. The number of aryl methyl sites for hydroxylation is 1. The zero-order valence-corrected chi connectivity index (χ0v) is 13.1. The molecule has 0 aliphatic rings. The molecule has 0 spiro atoms. The van der Waals surface area contributed by atoms with Crippen LogP contribution in [0.4, 0.5) is 5.69 Å². The maximum Gasteiger partial charge on any atom is 0.273 e. The summed E-state index contributed by atoms with van der Waals surface area (Å²) in [5.41, 5.74) is 2.88. The van der Waals surface area contributed by atoms with Crippen molar-refractivity contribution in [3.05, 3.63) is 64.8 Å². The zero-order chi connectivity index (χ0) is 16.4. The number of phenolic OH excluding ortho intramolecular Hbond substituents is 1. The summed E-state index contributed by atoms with van der Waals surface area (Å²) >= 11 is 6.05. The van der Waals surface area contributed by atoms with Gasteiger partial charge in [0.1, 0.15) is 11.4 Å². The van der Waals surface area contributed by atoms with Gasteiger partial charge in [-0.15, -0.1) is 0 Å². The highest BCUT2D eigenvalue weighted by Crippen LogP contribution is 2.27. The van der Waals surface area contributed by atoms with E-state index in [0.29, 0.717) is 27.7 Å². The monoisotopic (exact) mass is 327 g/mol. The van der Waals surface area contributed by atoms with Crippen LogP contribution < -0.4 is 5.32 Å². The van der Waals surface area contributed by atoms with Crippen LogP contribution in [0, 0.1) is 6.92 Å². The summed E-state index contributed by atoms with van der Waals surface area (Å²) in [6, 6.07) is 13.7. The average Bonchev–Trinajstić information content (AvgIpc) is 3.01. The first-order chi connectivity index (χ1) is 11.0. The van der Waals surface area contributed by atoms with Crippen LogP contribution in [0.1, 0.15) is 16.1 Å². The van der Waals surface area contributed by atoms with Crippen LogP contribution in [0.3, 0.4) is 0 Å². The van der Waals surface area contributed by atoms with E-state index in [4.69, 9.17) is 11.6 Å². The number of nitrogens with zero attached hydrogens (tertiary/aromatic N) is 1. The minimum Gasteiger partial charge on any atom is -0.507 e. The summed E-state index contributed by atoms with van der Waals surface area (Å²) in [6.45, 7) is 1.89. The van der Waals surface area contributed by atoms with Crippen molar-refractivity contribution in [2.75, 3.05) is 5.32 Å². The Kier molecular flexibility index (Phi) is 4.04. The van der Waals surface area contributed by atoms with Crippen LogP contribution in [-0.2, 0) is 0 Å². The van der Waals surface area contributed by atoms with Gasteiger partial charge in [0.15, 0.2) is 0 Å². The molecule has 0 atom stereocenters. The summed E-state index contributed by atoms with van der Waals surface area (Å²) in [4.78, 5) is 12.3. The third kappa shape index (κ3) is 3.19. The molecule has 0 aliphatic carbocycles. The van der Waals surface area contributed by atoms with E-state index in [-0.39, 0.29) is 11.7 Å². The second-order valence-electron chi connectivity index (χ2n) is 5.10. The Morgan fingerprint density at radius 2 is 2.00 bits per heavy atom. The van der Waals surface area contributed by atoms with E-state index in [9.17, 15) is 9.90 Å². The number of H-pyrrole nitrogens is 1. The molecule has 5 nitrogen and oxygen atoms in total. The molecule has 0 bridgehead atoms. The minimum absolute atomic E-state index is 0.108. The van der Waals surface area contributed by atoms with Gasteiger partial charge in [-0.3, -0.25) is 9.89 Å². The van der Waals surface area contributed by atoms with Crippen LogP contribution in [-0.4, -0.2) is 21.2 Å². The van der Waals surface area contributed by atoms with Gasteiger partial charge in [-0.2, -0.15) is 5.10 Å². The molecular formula is C17H14ClN3O2. The molecule has 1 amide bonds. The highest BCUT2D eigenvalue weighted by atomic mass is 35.5. The van der Waals surface area contributed by atoms with Gasteiger partial charge in [0, 0.05) is 16.3 Å². The van der Waals surface area contributed by atoms with Crippen molar-refractivity contribution in [3.63, 3.8) is 0 Å². The molecule has 2 aromatic carbocycles. The van der Waals surface area contributed by atoms with Crippen molar-refractivity contribution < 1.29 is 9.90 Å². The predicted octanol–water partition coefficient (Wildman–Crippen LogP) is 4.00. The fourth-order valence-corrected chi connectivity index (χ4v) is 2.32. The number of aromatic hydroxyl groups is 1. The third-order valence-corrected chi connectivity index (χ3v) is 3.84. The van der Waals surface area contributed by atoms with Crippen LogP contribution in [0.2, 0.25) is 5.02 Å². The van der Waals surface area contributed by atoms with E-state index < -0.39 is 0 Å². The van der Waals surface area contributed by atoms with Crippen molar-refractivity contribution >= 4 is 23.2 Å². The molecule has 0 unspecified atom stereocenters. The summed E-state index contributed by atoms with van der Waals surface area (Å²) in [5.74, 6) is -0.227. The fraction of sp³-hybridized carbons (Fsp3) is 0.0588. The predicted molar refractivity (Wildman–Crippen MR) is 89.8 cm³/mol. The number of aromatic nitrogens is 2. The van der Waals surface area contributed by atoms with Gasteiger partial charge in [0.2, 0.25) is 0 Å². The standard InChI is InChI=1S/C17H14ClN3O2/c1-10-6-7-11(8-13(10)18)19-17(23)15-9-14(20-21-15)12-4-2-3-5-16(12)22/h2-9,22H,1H3,(H,19,23)(H,20,21). The number of carbonyl (C=O) groups is 1. The zero-order valence-electron chi connectivity index (χ0n) is 12.3. The first-order valence-corrected chi connectivity index (χ1v) is 7.33. The Labute approximate surface area is 137 Å². The molecule has 0 saturated heterocycles. The molecule has 116 valence electrons. The first kappa shape index (κ1) is 15.1. The van der Waals surface area contributed by atoms with Gasteiger partial charge in [-0.25, -0.2) is 0 Å². The molecule has 3 rings (SSSR count). The topological polar surface area (TPSA) is 78.0 Å². The van der Waals surface area contributed by atoms with Gasteiger partial charge in [-0.1, -0.05) is 29.8 Å². The van der Waals surface area contributed by atoms with Crippen molar-refractivity contribution in [1.29, 1.82) is 0 Å². The van der Waals surface area contributed by atoms with E-state index in [0.717, 1.165) is 5.56 Å². The lowest BCUT2D eigenvalue weighted by Gasteiger charge is -2.05. The van der Waals surface area contributed by atoms with Crippen molar-refractivity contribution in [2.45, 2.75) is 6.92 Å². The lowest BCUT2D eigenvalue weighted by atomic mass is 10.1. The minimum atomic E-state index is -0.334. The Morgan fingerprint density at radius 1 is 1.22 bits per heavy atom. The summed E-state index contributed by atoms with van der Waals surface area (Å²) < 4.78 is 0. The fourth-order valence-electron chi connectivity index (χ4n) is 2.14. The highest BCUT2D eigenvalue weighted by molar-refractivity contribution is 6.31. The SMILES string of the molecule is Cc1ccc(NC(=O)c2cc(-c3ccccc3O)n[nH]2)cc1Cl. The number of para-hydroxylation sites is 1. The number of benzene rings is 2. The Balaban J connectivity index is 1.81. The molecule has 0 radical (unpaired) electrons. The van der Waals surface area contributed by atoms with E-state index in [1.165, 1.54) is 0 Å². The molecule has 0 saturated carbocycles. The molecule has 3 aromatic rings. The number of hydrogen-bond donors (Lipinski definition) is 3. The number of phenols is 1. The number of carbonyl (C=O) groups excluding carboxylic acids is 1. The molecule has 1 aromatic heterocycles. The van der Waals surface area contributed by atoms with Crippen molar-refractivity contribution in [3.8, 4) is 17.0 Å². The maximum absolute atomic E-state index is 12.3. The van der Waals surface area contributed by atoms with Gasteiger partial charge >= 0.3 is 0 Å². The highest BCUT2D eigenvalue weighted by Gasteiger charge is 2.13. The van der Waals surface area contributed by atoms with E-state index in [2.05, 4.69) is 15.5 Å². The maximum atomic E-state index is 12.3. The Hall–Kier alpha value is -2.79. The lowest BCUT2D eigenvalue weighted by molar-refractivity contribution is 0.102. The van der Waals surface area contributed by atoms with E-state index >= 15 is 0 Å². The number of halogens is 1.